The number of hydrogen-bond donors (Lipinski definition) is 5. The molecule has 5 aliphatic rings. The van der Waals surface area contributed by atoms with Crippen LogP contribution in [0.2, 0.25) is 0 Å². The number of ether oxygens (including phenoxy) is 1. The number of halogens is 3. The molecule has 5 atom stereocenters. The molecule has 5 saturated heterocycles. The molecule has 26 nitrogen and oxygen atoms in total. The molecule has 0 spiro atoms. The molecule has 5 aliphatic heterocycles. The molecule has 0 radical (unpaired) electrons. The van der Waals surface area contributed by atoms with Crippen LogP contribution >= 0.6 is 35.6 Å². The van der Waals surface area contributed by atoms with E-state index in [1.165, 1.54) is 12.2 Å². The van der Waals surface area contributed by atoms with Gasteiger partial charge < -0.3 is 68.5 Å². The number of carbonyl (C=O) groups is 7. The molecule has 5 heterocycles. The number of carbonyl (C=O) groups excluding carboxylic acids is 7. The number of β-amino-alcohol motifs (C(OH)–C–C–N with tert-alkyl or cyclic N) is 3. The molecule has 81 heavy (non-hydrogen) atoms. The predicted molar refractivity (Wildman–Crippen MR) is 287 cm³/mol. The Morgan fingerprint density at radius 2 is 0.901 bits per heavy atom. The van der Waals surface area contributed by atoms with Crippen LogP contribution < -0.4 is 227 Å². The molecule has 0 bridgehead atoms. The fourth-order valence-corrected chi connectivity index (χ4v) is 7.62. The maximum absolute atomic E-state index is 11.6. The van der Waals surface area contributed by atoms with Crippen molar-refractivity contribution in [3.63, 3.8) is 0 Å². The minimum atomic E-state index is -3.44. The molecular formula is C46H82Cl3K4N5O21S2. The van der Waals surface area contributed by atoms with Crippen LogP contribution in [0.1, 0.15) is 87.8 Å². The molecule has 454 valence electrons. The van der Waals surface area contributed by atoms with Crippen molar-refractivity contribution in [3.05, 3.63) is 50.6 Å². The number of amides is 3. The van der Waals surface area contributed by atoms with Gasteiger partial charge in [-0.3, -0.25) is 37.1 Å². The Hall–Kier alpha value is 2.41. The van der Waals surface area contributed by atoms with Gasteiger partial charge in [0.15, 0.2) is 0 Å². The Morgan fingerprint density at radius 3 is 1.19 bits per heavy atom. The van der Waals surface area contributed by atoms with Crippen LogP contribution in [-0.4, -0.2) is 202 Å². The van der Waals surface area contributed by atoms with E-state index in [2.05, 4.69) is 46.7 Å². The molecule has 0 saturated carbocycles. The zero-order chi connectivity index (χ0) is 59.3. The number of nitrogens with one attached hydrogen (secondary N) is 2. The summed E-state index contributed by atoms with van der Waals surface area (Å²) in [6.45, 7) is 24.8. The molecular weight excluding hydrogens is 1290 g/mol. The van der Waals surface area contributed by atoms with Gasteiger partial charge in [-0.15, -0.1) is 12.4 Å². The Morgan fingerprint density at radius 1 is 0.580 bits per heavy atom. The van der Waals surface area contributed by atoms with Crippen LogP contribution in [0.3, 0.4) is 0 Å². The summed E-state index contributed by atoms with van der Waals surface area (Å²) in [5, 5.41) is 49.4. The van der Waals surface area contributed by atoms with Crippen molar-refractivity contribution in [2.24, 2.45) is 0 Å². The minimum absolute atomic E-state index is 0. The summed E-state index contributed by atoms with van der Waals surface area (Å²) < 4.78 is 57.9. The quantitative estimate of drug-likeness (QED) is 0.0258. The van der Waals surface area contributed by atoms with Gasteiger partial charge in [0, 0.05) is 52.4 Å². The fraction of sp³-hybridized carbons (Fsp3) is 0.674. The molecule has 0 aromatic rings. The van der Waals surface area contributed by atoms with E-state index in [0.717, 1.165) is 109 Å². The molecule has 5 rings (SSSR count). The maximum Gasteiger partial charge on any atom is 1.00 e. The smallest absolute Gasteiger partial charge is 1.00 e. The minimum Gasteiger partial charge on any atom is -1.00 e. The SMILES string of the molecule is C=CC(=O)Cl.C=CC(=O)Cl.C=CC(=O)N1CCC[C@H](O)C1.C=CC(=O)N1CCC[C@H](OS(C)(=O)=O)C1.CC(C)(C)OC(=O)N1CCC[C@H](O)C1.CS(=O)(=O)O[C@H]1CCCNC1.Cl.O=CO[O-].O=CO[O-].O[C@H]1CCCNC1.[H-].[H-].[K+].[K+].[K+].[K+]. The predicted octanol–water partition coefficient (Wildman–Crippen LogP) is -11.5. The molecule has 0 aromatic carbocycles. The molecule has 0 aromatic heterocycles. The van der Waals surface area contributed by atoms with Gasteiger partial charge in [-0.1, -0.05) is 26.3 Å². The third-order valence-corrected chi connectivity index (χ3v) is 10.9. The molecule has 5 fully saturated rings. The number of likely N-dealkylation sites (tertiary alicyclic amines) is 3. The Balaban J connectivity index is -0.0000000800. The number of allylic oxidation sites excluding steroid dienone is 2. The number of aliphatic hydroxyl groups is 3. The first kappa shape index (κ1) is 102. The first-order chi connectivity index (χ1) is 35.4. The van der Waals surface area contributed by atoms with E-state index in [9.17, 15) is 51.0 Å². The Bertz CT molecular complexity index is 1930. The van der Waals surface area contributed by atoms with Crippen molar-refractivity contribution in [1.82, 2.24) is 25.3 Å². The van der Waals surface area contributed by atoms with Gasteiger partial charge in [0.1, 0.15) is 5.60 Å². The van der Waals surface area contributed by atoms with Gasteiger partial charge in [-0.2, -0.15) is 16.8 Å². The molecule has 0 unspecified atom stereocenters. The standard InChI is InChI=1S/C10H19NO3.C9H15NO4S.C8H13NO2.C6H13NO3S.C5H11NO.2C3H3ClO.2CH2O3.ClH.4K.2H/c1-10(2,3)14-9(13)11-6-4-5-8(12)7-11;1-3-9(11)10-6-4-5-8(7-10)14-15(2,12)13;1-2-8(11)9-5-3-4-7(10)6-9;1-11(8,9)10-6-3-2-4-7-5-6;7-5-2-1-3-6-4-5;2*1-2-3(4)5;2*2-1-4-3;;;;;;;/h8,12H,4-7H2,1-3H3;3,8H,1,4-7H2,2H3;2,7,10H,1,3-6H2;6-7H,2-5H2,1H3;5-7H,1-4H2;2*2H,1H2;2*1,3H;1H;;;;;;/q;;;;;;;;;;4*+1;2*-1/p-2/t2*8-;7-;6-;5-;;;;;;;;;;;/m00000.........../s1. The summed E-state index contributed by atoms with van der Waals surface area (Å²) in [4.78, 5) is 80.0. The molecule has 0 aliphatic carbocycles. The second-order valence-corrected chi connectivity index (χ2v) is 21.2. The third-order valence-electron chi connectivity index (χ3n) is 9.34. The molecule has 5 N–H and O–H groups in total. The summed E-state index contributed by atoms with van der Waals surface area (Å²) in [5.74, 6) is -0.263. The van der Waals surface area contributed by atoms with Crippen LogP contribution in [0, 0.1) is 0 Å². The number of piperidine rings is 5. The second kappa shape index (κ2) is 64.0. The van der Waals surface area contributed by atoms with E-state index >= 15 is 0 Å². The number of aliphatic hydroxyl groups excluding tert-OH is 3. The number of nitrogens with zero attached hydrogens (tertiary/aromatic N) is 3. The van der Waals surface area contributed by atoms with E-state index in [-0.39, 0.29) is 270 Å². The van der Waals surface area contributed by atoms with Crippen LogP contribution in [0.4, 0.5) is 4.79 Å². The van der Waals surface area contributed by atoms with E-state index in [4.69, 9.17) is 61.5 Å². The fourth-order valence-electron chi connectivity index (χ4n) is 6.31. The third kappa shape index (κ3) is 73.0. The van der Waals surface area contributed by atoms with E-state index in [1.807, 2.05) is 20.8 Å². The topological polar surface area (TPSA) is 375 Å². The largest absolute Gasteiger partial charge is 1.00 e. The van der Waals surface area contributed by atoms with Crippen molar-refractivity contribution in [2.45, 2.75) is 121 Å². The monoisotopic (exact) mass is 1370 g/mol. The Labute approximate surface area is 667 Å². The van der Waals surface area contributed by atoms with Crippen molar-refractivity contribution >= 4 is 97.2 Å². The van der Waals surface area contributed by atoms with Gasteiger partial charge in [0.05, 0.1) is 43.0 Å². The summed E-state index contributed by atoms with van der Waals surface area (Å²) in [7, 11) is -6.71. The van der Waals surface area contributed by atoms with E-state index < -0.39 is 48.5 Å². The molecule has 3 amide bonds. The molecule has 35 heteroatoms. The van der Waals surface area contributed by atoms with Crippen molar-refractivity contribution in [1.29, 1.82) is 0 Å². The number of rotatable bonds is 10. The summed E-state index contributed by atoms with van der Waals surface area (Å²) in [5.41, 5.74) is -0.459. The Kier molecular flexibility index (Phi) is 80.8. The summed E-state index contributed by atoms with van der Waals surface area (Å²) >= 11 is 9.41. The maximum atomic E-state index is 11.6. The van der Waals surface area contributed by atoms with Gasteiger partial charge in [-0.05, 0) is 146 Å². The first-order valence-electron chi connectivity index (χ1n) is 23.5. The average Bonchev–Trinajstić information content (AvgIpc) is 3.36. The summed E-state index contributed by atoms with van der Waals surface area (Å²) in [6, 6.07) is 0. The second-order valence-electron chi connectivity index (χ2n) is 17.2. The van der Waals surface area contributed by atoms with Crippen molar-refractivity contribution in [3.8, 4) is 0 Å². The van der Waals surface area contributed by atoms with Gasteiger partial charge in [-0.25, -0.2) is 4.79 Å². The normalized spacial score (nSPS) is 19.4. The zero-order valence-corrected chi connectivity index (χ0v) is 64.8. The summed E-state index contributed by atoms with van der Waals surface area (Å²) in [6.07, 6.45) is 13.7. The van der Waals surface area contributed by atoms with Gasteiger partial charge >= 0.3 is 212 Å². The first-order valence-corrected chi connectivity index (χ1v) is 27.9. The van der Waals surface area contributed by atoms with Crippen molar-refractivity contribution < 1.29 is 308 Å². The average molecular weight is 1370 g/mol. The van der Waals surface area contributed by atoms with Crippen LogP contribution in [0.5, 0.6) is 0 Å². The van der Waals surface area contributed by atoms with Gasteiger partial charge in [0.25, 0.3) is 33.2 Å². The van der Waals surface area contributed by atoms with Gasteiger partial charge in [0.2, 0.25) is 22.3 Å². The van der Waals surface area contributed by atoms with Crippen LogP contribution in [0.15, 0.2) is 50.6 Å². The van der Waals surface area contributed by atoms with Crippen molar-refractivity contribution in [2.75, 3.05) is 78.0 Å². The van der Waals surface area contributed by atoms with Crippen LogP contribution in [-0.2, 0) is 71.9 Å². The number of hydrogen-bond acceptors (Lipinski definition) is 23. The zero-order valence-electron chi connectivity index (χ0n) is 50.3. The van der Waals surface area contributed by atoms with E-state index in [1.54, 1.807) is 14.7 Å². The van der Waals surface area contributed by atoms with Crippen LogP contribution in [0.25, 0.3) is 0 Å². The van der Waals surface area contributed by atoms with E-state index in [0.29, 0.717) is 45.7 Å².